The number of nitrogens with one attached hydrogen (secondary N) is 2. The van der Waals surface area contributed by atoms with Gasteiger partial charge < -0.3 is 15.2 Å². The zero-order chi connectivity index (χ0) is 24.2. The highest BCUT2D eigenvalue weighted by Gasteiger charge is 2.31. The zero-order valence-electron chi connectivity index (χ0n) is 19.9. The number of benzene rings is 1. The van der Waals surface area contributed by atoms with Gasteiger partial charge in [0.2, 0.25) is 11.5 Å². The van der Waals surface area contributed by atoms with Gasteiger partial charge in [-0.3, -0.25) is 19.1 Å². The third kappa shape index (κ3) is 4.95. The van der Waals surface area contributed by atoms with Crippen LogP contribution in [0.1, 0.15) is 48.3 Å². The van der Waals surface area contributed by atoms with Crippen molar-refractivity contribution in [3.8, 4) is 11.1 Å². The average molecular weight is 462 g/mol. The fourth-order valence-electron chi connectivity index (χ4n) is 4.67. The molecule has 1 aromatic carbocycles. The lowest BCUT2D eigenvalue weighted by molar-refractivity contribution is -0.119. The number of hydrogen-bond donors (Lipinski definition) is 2. The second kappa shape index (κ2) is 10.1. The standard InChI is InChI=1S/C26H31N5O3/c1-17-21(13-14-23(32)30(17)2)18-9-11-20(12-10-18)28-26(34)24(19-7-5-4-6-8-19)29-25(33)22-15-16-27-31(22)3/h9-16,19,24H,4-8H2,1-3H3,(H,28,34)(H,29,33)/t24-/m0/s1. The minimum atomic E-state index is -0.617. The van der Waals surface area contributed by atoms with Crippen LogP contribution in [0.5, 0.6) is 0 Å². The van der Waals surface area contributed by atoms with Crippen molar-refractivity contribution in [2.75, 3.05) is 5.32 Å². The molecular formula is C26H31N5O3. The molecule has 2 aromatic heterocycles. The van der Waals surface area contributed by atoms with Crippen LogP contribution in [0.2, 0.25) is 0 Å². The molecule has 1 saturated carbocycles. The second-order valence-corrected chi connectivity index (χ2v) is 8.99. The second-order valence-electron chi connectivity index (χ2n) is 8.99. The molecule has 2 heterocycles. The van der Waals surface area contributed by atoms with Gasteiger partial charge in [0, 0.05) is 43.3 Å². The number of amides is 2. The number of carbonyl (C=O) groups excluding carboxylic acids is 2. The maximum Gasteiger partial charge on any atom is 0.270 e. The smallest absolute Gasteiger partial charge is 0.270 e. The summed E-state index contributed by atoms with van der Waals surface area (Å²) in [6.45, 7) is 1.91. The Bertz CT molecular complexity index is 1240. The van der Waals surface area contributed by atoms with E-state index in [0.717, 1.165) is 48.9 Å². The molecule has 8 heteroatoms. The number of aromatic nitrogens is 3. The van der Waals surface area contributed by atoms with E-state index < -0.39 is 6.04 Å². The molecule has 1 aliphatic rings. The van der Waals surface area contributed by atoms with Crippen molar-refractivity contribution in [3.63, 3.8) is 0 Å². The first-order valence-corrected chi connectivity index (χ1v) is 11.7. The van der Waals surface area contributed by atoms with Gasteiger partial charge >= 0.3 is 0 Å². The van der Waals surface area contributed by atoms with Gasteiger partial charge in [0.05, 0.1) is 0 Å². The van der Waals surface area contributed by atoms with Gasteiger partial charge in [-0.15, -0.1) is 0 Å². The maximum atomic E-state index is 13.3. The minimum Gasteiger partial charge on any atom is -0.339 e. The Morgan fingerprint density at radius 2 is 1.71 bits per heavy atom. The average Bonchev–Trinajstić information content (AvgIpc) is 3.28. The van der Waals surface area contributed by atoms with Crippen LogP contribution in [-0.2, 0) is 18.9 Å². The molecule has 1 atom stereocenters. The van der Waals surface area contributed by atoms with Crippen molar-refractivity contribution in [2.45, 2.75) is 45.1 Å². The number of anilines is 1. The predicted molar refractivity (Wildman–Crippen MR) is 132 cm³/mol. The summed E-state index contributed by atoms with van der Waals surface area (Å²) in [7, 11) is 3.46. The van der Waals surface area contributed by atoms with E-state index in [0.29, 0.717) is 11.4 Å². The van der Waals surface area contributed by atoms with Crippen LogP contribution >= 0.6 is 0 Å². The van der Waals surface area contributed by atoms with Gasteiger partial charge in [-0.1, -0.05) is 31.4 Å². The van der Waals surface area contributed by atoms with E-state index >= 15 is 0 Å². The number of hydrogen-bond acceptors (Lipinski definition) is 4. The van der Waals surface area contributed by atoms with Crippen molar-refractivity contribution >= 4 is 17.5 Å². The normalized spacial score (nSPS) is 15.0. The molecule has 0 unspecified atom stereocenters. The van der Waals surface area contributed by atoms with E-state index in [4.69, 9.17) is 0 Å². The largest absolute Gasteiger partial charge is 0.339 e. The van der Waals surface area contributed by atoms with Crippen LogP contribution in [-0.4, -0.2) is 32.2 Å². The molecule has 8 nitrogen and oxygen atoms in total. The Labute approximate surface area is 199 Å². The fourth-order valence-corrected chi connectivity index (χ4v) is 4.67. The number of aryl methyl sites for hydroxylation is 1. The molecule has 34 heavy (non-hydrogen) atoms. The molecule has 3 aromatic rings. The maximum absolute atomic E-state index is 13.3. The van der Waals surface area contributed by atoms with Crippen LogP contribution in [0.3, 0.4) is 0 Å². The third-order valence-electron chi connectivity index (χ3n) is 6.82. The Morgan fingerprint density at radius 3 is 2.35 bits per heavy atom. The molecule has 0 saturated heterocycles. The number of pyridine rings is 1. The number of rotatable bonds is 6. The summed E-state index contributed by atoms with van der Waals surface area (Å²) in [6, 6.07) is 11.9. The van der Waals surface area contributed by atoms with Gasteiger partial charge in [0.25, 0.3) is 5.91 Å². The van der Waals surface area contributed by atoms with Crippen molar-refractivity contribution in [2.24, 2.45) is 20.0 Å². The predicted octanol–water partition coefficient (Wildman–Crippen LogP) is 3.41. The summed E-state index contributed by atoms with van der Waals surface area (Å²) in [5.74, 6) is -0.418. The van der Waals surface area contributed by atoms with Crippen LogP contribution < -0.4 is 16.2 Å². The van der Waals surface area contributed by atoms with Crippen molar-refractivity contribution in [3.05, 3.63) is 70.4 Å². The molecule has 1 fully saturated rings. The van der Waals surface area contributed by atoms with E-state index in [-0.39, 0.29) is 23.3 Å². The summed E-state index contributed by atoms with van der Waals surface area (Å²) < 4.78 is 3.12. The van der Waals surface area contributed by atoms with Gasteiger partial charge in [0.1, 0.15) is 11.7 Å². The lowest BCUT2D eigenvalue weighted by atomic mass is 9.83. The van der Waals surface area contributed by atoms with Gasteiger partial charge in [-0.2, -0.15) is 5.10 Å². The van der Waals surface area contributed by atoms with Crippen molar-refractivity contribution in [1.82, 2.24) is 19.7 Å². The first-order valence-electron chi connectivity index (χ1n) is 11.7. The highest BCUT2D eigenvalue weighted by Crippen LogP contribution is 2.28. The Kier molecular flexibility index (Phi) is 6.95. The Morgan fingerprint density at radius 1 is 1.00 bits per heavy atom. The quantitative estimate of drug-likeness (QED) is 0.588. The van der Waals surface area contributed by atoms with E-state index in [1.165, 1.54) is 4.68 Å². The molecule has 0 aliphatic heterocycles. The highest BCUT2D eigenvalue weighted by atomic mass is 16.2. The van der Waals surface area contributed by atoms with Crippen LogP contribution in [0, 0.1) is 12.8 Å². The Hall–Kier alpha value is -3.68. The summed E-state index contributed by atoms with van der Waals surface area (Å²) in [5.41, 5.74) is 3.83. The molecule has 0 radical (unpaired) electrons. The van der Waals surface area contributed by atoms with E-state index in [2.05, 4.69) is 15.7 Å². The fraction of sp³-hybridized carbons (Fsp3) is 0.385. The van der Waals surface area contributed by atoms with Crippen LogP contribution in [0.4, 0.5) is 5.69 Å². The summed E-state index contributed by atoms with van der Waals surface area (Å²) in [5, 5.41) is 10.0. The lowest BCUT2D eigenvalue weighted by Crippen LogP contribution is -2.49. The first kappa shape index (κ1) is 23.5. The van der Waals surface area contributed by atoms with Gasteiger partial charge in [-0.05, 0) is 55.5 Å². The number of nitrogens with zero attached hydrogens (tertiary/aromatic N) is 3. The summed E-state index contributed by atoms with van der Waals surface area (Å²) >= 11 is 0. The number of carbonyl (C=O) groups is 2. The molecule has 0 spiro atoms. The lowest BCUT2D eigenvalue weighted by Gasteiger charge is -2.30. The molecule has 0 bridgehead atoms. The van der Waals surface area contributed by atoms with Gasteiger partial charge in [-0.25, -0.2) is 0 Å². The van der Waals surface area contributed by atoms with E-state index in [9.17, 15) is 14.4 Å². The minimum absolute atomic E-state index is 0.0490. The van der Waals surface area contributed by atoms with Crippen LogP contribution in [0.25, 0.3) is 11.1 Å². The zero-order valence-corrected chi connectivity index (χ0v) is 19.9. The molecular weight excluding hydrogens is 430 g/mol. The first-order chi connectivity index (χ1) is 16.3. The monoisotopic (exact) mass is 461 g/mol. The molecule has 2 amide bonds. The van der Waals surface area contributed by atoms with Crippen LogP contribution in [0.15, 0.2) is 53.5 Å². The topological polar surface area (TPSA) is 98.0 Å². The van der Waals surface area contributed by atoms with Crippen molar-refractivity contribution in [1.29, 1.82) is 0 Å². The molecule has 178 valence electrons. The summed E-state index contributed by atoms with van der Waals surface area (Å²) in [4.78, 5) is 38.0. The molecule has 4 rings (SSSR count). The van der Waals surface area contributed by atoms with Crippen molar-refractivity contribution < 1.29 is 9.59 Å². The van der Waals surface area contributed by atoms with Gasteiger partial charge in [0.15, 0.2) is 0 Å². The molecule has 2 N–H and O–H groups in total. The van der Waals surface area contributed by atoms with E-state index in [1.54, 1.807) is 37.0 Å². The third-order valence-corrected chi connectivity index (χ3v) is 6.82. The SMILES string of the molecule is Cc1c(-c2ccc(NC(=O)[C@@H](NC(=O)c3ccnn3C)C3CCCCC3)cc2)ccc(=O)n1C. The Balaban J connectivity index is 1.51. The summed E-state index contributed by atoms with van der Waals surface area (Å²) in [6.07, 6.45) is 6.67. The molecule has 1 aliphatic carbocycles. The van der Waals surface area contributed by atoms with E-state index in [1.807, 2.05) is 37.3 Å². The highest BCUT2D eigenvalue weighted by molar-refractivity contribution is 6.00.